The first kappa shape index (κ1) is 13.2. The number of carbonyl (C=O) groups excluding carboxylic acids is 2. The predicted octanol–water partition coefficient (Wildman–Crippen LogP) is 2.34. The molecule has 0 radical (unpaired) electrons. The summed E-state index contributed by atoms with van der Waals surface area (Å²) in [6.45, 7) is 0. The molecule has 0 saturated heterocycles. The molecule has 2 rings (SSSR count). The molecule has 96 valence electrons. The molecule has 0 aromatic heterocycles. The summed E-state index contributed by atoms with van der Waals surface area (Å²) < 4.78 is 0. The SMILES string of the molecule is CNC(C(=O)c1ccccc1)C(=O)c1ccccc1. The maximum Gasteiger partial charge on any atom is 0.187 e. The molecule has 0 aliphatic heterocycles. The highest BCUT2D eigenvalue weighted by atomic mass is 16.2. The second kappa shape index (κ2) is 6.07. The predicted molar refractivity (Wildman–Crippen MR) is 74.4 cm³/mol. The Morgan fingerprint density at radius 2 is 1.16 bits per heavy atom. The molecule has 0 atom stereocenters. The van der Waals surface area contributed by atoms with Crippen LogP contribution in [0.25, 0.3) is 0 Å². The van der Waals surface area contributed by atoms with Crippen LogP contribution in [-0.2, 0) is 0 Å². The number of likely N-dealkylation sites (N-methyl/N-ethyl adjacent to an activating group) is 1. The van der Waals surface area contributed by atoms with E-state index in [2.05, 4.69) is 5.32 Å². The van der Waals surface area contributed by atoms with Crippen LogP contribution in [0.4, 0.5) is 0 Å². The molecule has 0 unspecified atom stereocenters. The maximum atomic E-state index is 12.3. The quantitative estimate of drug-likeness (QED) is 0.657. The van der Waals surface area contributed by atoms with E-state index in [0.717, 1.165) is 0 Å². The normalized spacial score (nSPS) is 10.4. The van der Waals surface area contributed by atoms with Crippen LogP contribution in [0.5, 0.6) is 0 Å². The van der Waals surface area contributed by atoms with Crippen LogP contribution in [-0.4, -0.2) is 24.7 Å². The Kier molecular flexibility index (Phi) is 4.21. The molecular formula is C16H15NO2. The van der Waals surface area contributed by atoms with E-state index in [-0.39, 0.29) is 11.6 Å². The molecule has 0 spiro atoms. The van der Waals surface area contributed by atoms with Crippen molar-refractivity contribution in [2.24, 2.45) is 0 Å². The minimum absolute atomic E-state index is 0.211. The van der Waals surface area contributed by atoms with E-state index in [1.165, 1.54) is 0 Å². The third-order valence-electron chi connectivity index (χ3n) is 2.93. The molecule has 2 aromatic rings. The maximum absolute atomic E-state index is 12.3. The molecule has 19 heavy (non-hydrogen) atoms. The fourth-order valence-electron chi connectivity index (χ4n) is 1.92. The number of hydrogen-bond donors (Lipinski definition) is 1. The van der Waals surface area contributed by atoms with Gasteiger partial charge in [-0.15, -0.1) is 0 Å². The zero-order valence-electron chi connectivity index (χ0n) is 10.7. The summed E-state index contributed by atoms with van der Waals surface area (Å²) in [5, 5.41) is 2.80. The fraction of sp³-hybridized carbons (Fsp3) is 0.125. The number of rotatable bonds is 5. The van der Waals surface area contributed by atoms with Gasteiger partial charge < -0.3 is 5.32 Å². The van der Waals surface area contributed by atoms with E-state index < -0.39 is 6.04 Å². The first-order valence-corrected chi connectivity index (χ1v) is 6.10. The molecule has 0 bridgehead atoms. The summed E-state index contributed by atoms with van der Waals surface area (Å²) in [6, 6.07) is 16.8. The number of ketones is 2. The third-order valence-corrected chi connectivity index (χ3v) is 2.93. The van der Waals surface area contributed by atoms with Crippen LogP contribution < -0.4 is 5.32 Å². The Morgan fingerprint density at radius 1 is 0.789 bits per heavy atom. The molecule has 0 aliphatic rings. The van der Waals surface area contributed by atoms with Gasteiger partial charge in [-0.2, -0.15) is 0 Å². The van der Waals surface area contributed by atoms with Crippen LogP contribution in [0.1, 0.15) is 20.7 Å². The standard InChI is InChI=1S/C16H15NO2/c1-17-14(15(18)12-8-4-2-5-9-12)16(19)13-10-6-3-7-11-13/h2-11,14,17H,1H3. The summed E-state index contributed by atoms with van der Waals surface area (Å²) in [5.74, 6) is -0.422. The highest BCUT2D eigenvalue weighted by molar-refractivity contribution is 6.19. The van der Waals surface area contributed by atoms with Crippen LogP contribution >= 0.6 is 0 Å². The Hall–Kier alpha value is -2.26. The molecule has 0 heterocycles. The van der Waals surface area contributed by atoms with Gasteiger partial charge in [-0.05, 0) is 7.05 Å². The molecule has 1 N–H and O–H groups in total. The molecule has 2 aromatic carbocycles. The van der Waals surface area contributed by atoms with Crippen molar-refractivity contribution in [2.45, 2.75) is 6.04 Å². The van der Waals surface area contributed by atoms with E-state index in [0.29, 0.717) is 11.1 Å². The highest BCUT2D eigenvalue weighted by Crippen LogP contribution is 2.09. The van der Waals surface area contributed by atoms with Crippen molar-refractivity contribution in [3.63, 3.8) is 0 Å². The topological polar surface area (TPSA) is 46.2 Å². The average Bonchev–Trinajstić information content (AvgIpc) is 2.49. The van der Waals surface area contributed by atoms with Gasteiger partial charge in [0.05, 0.1) is 0 Å². The molecule has 0 fully saturated rings. The summed E-state index contributed by atoms with van der Waals surface area (Å²) >= 11 is 0. The van der Waals surface area contributed by atoms with Gasteiger partial charge in [0.15, 0.2) is 11.6 Å². The van der Waals surface area contributed by atoms with Gasteiger partial charge >= 0.3 is 0 Å². The Bertz CT molecular complexity index is 512. The van der Waals surface area contributed by atoms with Gasteiger partial charge in [-0.3, -0.25) is 9.59 Å². The van der Waals surface area contributed by atoms with Crippen molar-refractivity contribution in [1.29, 1.82) is 0 Å². The third kappa shape index (κ3) is 2.95. The van der Waals surface area contributed by atoms with Gasteiger partial charge in [0.1, 0.15) is 6.04 Å². The molecule has 0 amide bonds. The van der Waals surface area contributed by atoms with E-state index in [1.807, 2.05) is 12.1 Å². The summed E-state index contributed by atoms with van der Waals surface area (Å²) in [6.07, 6.45) is 0. The fourth-order valence-corrected chi connectivity index (χ4v) is 1.92. The van der Waals surface area contributed by atoms with Crippen molar-refractivity contribution < 1.29 is 9.59 Å². The summed E-state index contributed by atoms with van der Waals surface area (Å²) in [7, 11) is 1.62. The number of hydrogen-bond acceptors (Lipinski definition) is 3. The Morgan fingerprint density at radius 3 is 1.47 bits per heavy atom. The number of Topliss-reactive ketones (excluding diaryl/α,β-unsaturated/α-hetero) is 2. The van der Waals surface area contributed by atoms with Crippen molar-refractivity contribution in [2.75, 3.05) is 7.05 Å². The van der Waals surface area contributed by atoms with Crippen LogP contribution in [0, 0.1) is 0 Å². The summed E-state index contributed by atoms with van der Waals surface area (Å²) in [4.78, 5) is 24.6. The van der Waals surface area contributed by atoms with Crippen molar-refractivity contribution in [1.82, 2.24) is 5.32 Å². The van der Waals surface area contributed by atoms with Crippen LogP contribution in [0.3, 0.4) is 0 Å². The first-order chi connectivity index (χ1) is 9.24. The van der Waals surface area contributed by atoms with Gasteiger partial charge in [-0.25, -0.2) is 0 Å². The van der Waals surface area contributed by atoms with E-state index >= 15 is 0 Å². The monoisotopic (exact) mass is 253 g/mol. The van der Waals surface area contributed by atoms with Crippen LogP contribution in [0.2, 0.25) is 0 Å². The number of nitrogens with one attached hydrogen (secondary N) is 1. The highest BCUT2D eigenvalue weighted by Gasteiger charge is 2.26. The average molecular weight is 253 g/mol. The smallest absolute Gasteiger partial charge is 0.187 e. The van der Waals surface area contributed by atoms with E-state index in [4.69, 9.17) is 0 Å². The number of benzene rings is 2. The molecular weight excluding hydrogens is 238 g/mol. The second-order valence-corrected chi connectivity index (χ2v) is 4.18. The lowest BCUT2D eigenvalue weighted by atomic mass is 9.96. The second-order valence-electron chi connectivity index (χ2n) is 4.18. The van der Waals surface area contributed by atoms with Crippen molar-refractivity contribution in [3.05, 3.63) is 71.8 Å². The molecule has 3 nitrogen and oxygen atoms in total. The lowest BCUT2D eigenvalue weighted by Gasteiger charge is -2.13. The van der Waals surface area contributed by atoms with E-state index in [1.54, 1.807) is 55.6 Å². The minimum Gasteiger partial charge on any atom is -0.304 e. The van der Waals surface area contributed by atoms with Gasteiger partial charge in [-0.1, -0.05) is 60.7 Å². The minimum atomic E-state index is -0.843. The van der Waals surface area contributed by atoms with Crippen LogP contribution in [0.15, 0.2) is 60.7 Å². The Balaban J connectivity index is 2.26. The largest absolute Gasteiger partial charge is 0.304 e. The van der Waals surface area contributed by atoms with Crippen molar-refractivity contribution in [3.8, 4) is 0 Å². The van der Waals surface area contributed by atoms with E-state index in [9.17, 15) is 9.59 Å². The zero-order valence-corrected chi connectivity index (χ0v) is 10.7. The Labute approximate surface area is 112 Å². The zero-order chi connectivity index (χ0) is 13.7. The summed E-state index contributed by atoms with van der Waals surface area (Å²) in [5.41, 5.74) is 1.07. The lowest BCUT2D eigenvalue weighted by Crippen LogP contribution is -2.41. The number of carbonyl (C=O) groups is 2. The van der Waals surface area contributed by atoms with Crippen molar-refractivity contribution >= 4 is 11.6 Å². The van der Waals surface area contributed by atoms with Gasteiger partial charge in [0.25, 0.3) is 0 Å². The molecule has 0 saturated carbocycles. The lowest BCUT2D eigenvalue weighted by molar-refractivity contribution is 0.0844. The van der Waals surface area contributed by atoms with Gasteiger partial charge in [0, 0.05) is 11.1 Å². The first-order valence-electron chi connectivity index (χ1n) is 6.10. The van der Waals surface area contributed by atoms with Gasteiger partial charge in [0.2, 0.25) is 0 Å². The molecule has 3 heteroatoms. The molecule has 0 aliphatic carbocycles.